The van der Waals surface area contributed by atoms with Crippen LogP contribution in [0.1, 0.15) is 15.9 Å². The first-order chi connectivity index (χ1) is 16.2. The predicted octanol–water partition coefficient (Wildman–Crippen LogP) is 3.60. The highest BCUT2D eigenvalue weighted by molar-refractivity contribution is 5.99. The molecular weight excluding hydrogens is 421 g/mol. The van der Waals surface area contributed by atoms with Gasteiger partial charge in [0.15, 0.2) is 5.82 Å². The van der Waals surface area contributed by atoms with Crippen molar-refractivity contribution < 1.29 is 13.9 Å². The second-order valence-electron chi connectivity index (χ2n) is 7.80. The molecule has 4 aromatic rings. The zero-order valence-electron chi connectivity index (χ0n) is 17.9. The Morgan fingerprint density at radius 3 is 2.61 bits per heavy atom. The minimum atomic E-state index is -0.579. The molecule has 0 atom stereocenters. The number of nitrogens with one attached hydrogen (secondary N) is 1. The van der Waals surface area contributed by atoms with Gasteiger partial charge in [0.05, 0.1) is 24.5 Å². The molecule has 0 spiro atoms. The van der Waals surface area contributed by atoms with Crippen molar-refractivity contribution >= 4 is 22.5 Å². The number of carbonyl (C=O) groups is 1. The fourth-order valence-electron chi connectivity index (χ4n) is 3.86. The Morgan fingerprint density at radius 1 is 1.00 bits per heavy atom. The van der Waals surface area contributed by atoms with Gasteiger partial charge in [0, 0.05) is 31.4 Å². The van der Waals surface area contributed by atoms with E-state index in [2.05, 4.69) is 32.6 Å². The van der Waals surface area contributed by atoms with Crippen molar-refractivity contribution in [1.29, 1.82) is 0 Å². The number of amides is 1. The van der Waals surface area contributed by atoms with Crippen molar-refractivity contribution in [3.8, 4) is 11.3 Å². The van der Waals surface area contributed by atoms with Gasteiger partial charge in [-0.05, 0) is 40.6 Å². The largest absolute Gasteiger partial charge is 0.378 e. The minimum Gasteiger partial charge on any atom is -0.378 e. The van der Waals surface area contributed by atoms with E-state index in [9.17, 15) is 9.18 Å². The van der Waals surface area contributed by atoms with E-state index in [0.717, 1.165) is 16.3 Å². The molecule has 1 aliphatic heterocycles. The molecule has 1 N–H and O–H groups in total. The second-order valence-corrected chi connectivity index (χ2v) is 7.80. The van der Waals surface area contributed by atoms with Gasteiger partial charge in [-0.2, -0.15) is 4.39 Å². The van der Waals surface area contributed by atoms with Gasteiger partial charge in [0.25, 0.3) is 5.91 Å². The van der Waals surface area contributed by atoms with E-state index in [1.807, 2.05) is 35.2 Å². The van der Waals surface area contributed by atoms with Crippen LogP contribution in [0.2, 0.25) is 0 Å². The zero-order valence-corrected chi connectivity index (χ0v) is 17.9. The van der Waals surface area contributed by atoms with Crippen molar-refractivity contribution in [2.24, 2.45) is 0 Å². The number of rotatable bonds is 5. The van der Waals surface area contributed by atoms with Crippen molar-refractivity contribution in [3.63, 3.8) is 0 Å². The first kappa shape index (κ1) is 21.0. The summed E-state index contributed by atoms with van der Waals surface area (Å²) < 4.78 is 18.7. The molecule has 2 aromatic carbocycles. The number of ether oxygens (including phenoxy) is 1. The van der Waals surface area contributed by atoms with Crippen LogP contribution < -0.4 is 10.2 Å². The van der Waals surface area contributed by atoms with E-state index >= 15 is 0 Å². The first-order valence-corrected chi connectivity index (χ1v) is 10.8. The summed E-state index contributed by atoms with van der Waals surface area (Å²) in [7, 11) is 0. The van der Waals surface area contributed by atoms with Crippen LogP contribution in [-0.4, -0.2) is 47.4 Å². The number of morpholine rings is 1. The van der Waals surface area contributed by atoms with Crippen LogP contribution in [0.25, 0.3) is 22.0 Å². The normalized spacial score (nSPS) is 13.8. The number of benzene rings is 2. The lowest BCUT2D eigenvalue weighted by Crippen LogP contribution is -2.38. The van der Waals surface area contributed by atoms with E-state index in [4.69, 9.17) is 4.74 Å². The maximum absolute atomic E-state index is 13.3. The Bertz CT molecular complexity index is 1290. The monoisotopic (exact) mass is 443 g/mol. The van der Waals surface area contributed by atoms with E-state index in [0.29, 0.717) is 55.5 Å². The lowest BCUT2D eigenvalue weighted by Gasteiger charge is -2.28. The van der Waals surface area contributed by atoms with Gasteiger partial charge in [-0.1, -0.05) is 36.4 Å². The average Bonchev–Trinajstić information content (AvgIpc) is 2.88. The molecule has 166 valence electrons. The standard InChI is InChI=1S/C25H22FN5O2/c26-23-8-7-20(16-27-23)22-14-21(24(30-29-22)31-9-11-33-12-10-31)25(32)28-15-17-5-6-18-3-1-2-4-19(18)13-17/h1-8,13-14,16H,9-12,15H2,(H,28,32). The lowest BCUT2D eigenvalue weighted by atomic mass is 10.1. The SMILES string of the molecule is O=C(NCc1ccc2ccccc2c1)c1cc(-c2ccc(F)nc2)nnc1N1CCOCC1. The van der Waals surface area contributed by atoms with Crippen LogP contribution >= 0.6 is 0 Å². The van der Waals surface area contributed by atoms with Gasteiger partial charge in [0.2, 0.25) is 5.95 Å². The van der Waals surface area contributed by atoms with Crippen LogP contribution in [0.5, 0.6) is 0 Å². The number of pyridine rings is 1. The Balaban J connectivity index is 1.43. The summed E-state index contributed by atoms with van der Waals surface area (Å²) in [5.41, 5.74) is 2.45. The average molecular weight is 443 g/mol. The highest BCUT2D eigenvalue weighted by atomic mass is 19.1. The summed E-state index contributed by atoms with van der Waals surface area (Å²) in [4.78, 5) is 18.9. The number of nitrogens with zero attached hydrogens (tertiary/aromatic N) is 4. The Morgan fingerprint density at radius 2 is 1.82 bits per heavy atom. The lowest BCUT2D eigenvalue weighted by molar-refractivity contribution is 0.0948. The third-order valence-electron chi connectivity index (χ3n) is 5.62. The Labute approximate surface area is 190 Å². The molecule has 0 radical (unpaired) electrons. The highest BCUT2D eigenvalue weighted by Gasteiger charge is 2.22. The zero-order chi connectivity index (χ0) is 22.6. The Hall–Kier alpha value is -3.91. The maximum Gasteiger partial charge on any atom is 0.255 e. The van der Waals surface area contributed by atoms with Crippen molar-refractivity contribution in [2.75, 3.05) is 31.2 Å². The van der Waals surface area contributed by atoms with Gasteiger partial charge < -0.3 is 15.0 Å². The van der Waals surface area contributed by atoms with Gasteiger partial charge in [0.1, 0.15) is 0 Å². The first-order valence-electron chi connectivity index (χ1n) is 10.8. The number of fused-ring (bicyclic) bond motifs is 1. The highest BCUT2D eigenvalue weighted by Crippen LogP contribution is 2.24. The Kier molecular flexibility index (Phi) is 5.91. The van der Waals surface area contributed by atoms with Gasteiger partial charge in [-0.25, -0.2) is 4.98 Å². The van der Waals surface area contributed by atoms with E-state index in [1.54, 1.807) is 12.1 Å². The molecule has 0 bridgehead atoms. The van der Waals surface area contributed by atoms with Crippen LogP contribution in [0.4, 0.5) is 10.2 Å². The molecule has 1 aliphatic rings. The number of hydrogen-bond acceptors (Lipinski definition) is 6. The second kappa shape index (κ2) is 9.30. The molecule has 2 aromatic heterocycles. The summed E-state index contributed by atoms with van der Waals surface area (Å²) in [6, 6.07) is 18.7. The van der Waals surface area contributed by atoms with E-state index < -0.39 is 5.95 Å². The number of hydrogen-bond donors (Lipinski definition) is 1. The fourth-order valence-corrected chi connectivity index (χ4v) is 3.86. The summed E-state index contributed by atoms with van der Waals surface area (Å²) in [6.45, 7) is 2.74. The molecule has 7 nitrogen and oxygen atoms in total. The molecule has 0 unspecified atom stereocenters. The molecular formula is C25H22FN5O2. The number of anilines is 1. The van der Waals surface area contributed by atoms with E-state index in [-0.39, 0.29) is 5.91 Å². The third kappa shape index (κ3) is 4.65. The van der Waals surface area contributed by atoms with E-state index in [1.165, 1.54) is 12.3 Å². The fraction of sp³-hybridized carbons (Fsp3) is 0.200. The van der Waals surface area contributed by atoms with Gasteiger partial charge in [-0.15, -0.1) is 10.2 Å². The van der Waals surface area contributed by atoms with Gasteiger partial charge in [-0.3, -0.25) is 4.79 Å². The molecule has 3 heterocycles. The van der Waals surface area contributed by atoms with Crippen molar-refractivity contribution in [1.82, 2.24) is 20.5 Å². The van der Waals surface area contributed by atoms with Crippen LogP contribution in [0, 0.1) is 5.95 Å². The van der Waals surface area contributed by atoms with Crippen LogP contribution in [0.3, 0.4) is 0 Å². The molecule has 1 amide bonds. The third-order valence-corrected chi connectivity index (χ3v) is 5.62. The summed E-state index contributed by atoms with van der Waals surface area (Å²) in [5, 5.41) is 13.9. The van der Waals surface area contributed by atoms with Crippen LogP contribution in [0.15, 0.2) is 66.9 Å². The molecule has 8 heteroatoms. The molecule has 1 saturated heterocycles. The quantitative estimate of drug-likeness (QED) is 0.475. The number of carbonyl (C=O) groups excluding carboxylic acids is 1. The smallest absolute Gasteiger partial charge is 0.255 e. The molecule has 0 aliphatic carbocycles. The predicted molar refractivity (Wildman–Crippen MR) is 123 cm³/mol. The molecule has 1 fully saturated rings. The van der Waals surface area contributed by atoms with Crippen molar-refractivity contribution in [3.05, 3.63) is 83.9 Å². The molecule has 33 heavy (non-hydrogen) atoms. The number of halogens is 1. The summed E-state index contributed by atoms with van der Waals surface area (Å²) in [6.07, 6.45) is 1.38. The van der Waals surface area contributed by atoms with Gasteiger partial charge >= 0.3 is 0 Å². The van der Waals surface area contributed by atoms with Crippen molar-refractivity contribution in [2.45, 2.75) is 6.54 Å². The molecule has 5 rings (SSSR count). The summed E-state index contributed by atoms with van der Waals surface area (Å²) in [5.74, 6) is -0.325. The topological polar surface area (TPSA) is 80.2 Å². The maximum atomic E-state index is 13.3. The minimum absolute atomic E-state index is 0.254. The molecule has 0 saturated carbocycles. The van der Waals surface area contributed by atoms with Crippen LogP contribution in [-0.2, 0) is 11.3 Å². The summed E-state index contributed by atoms with van der Waals surface area (Å²) >= 11 is 0. The number of aromatic nitrogens is 3.